The fourth-order valence-corrected chi connectivity index (χ4v) is 8.53. The third kappa shape index (κ3) is 34.1. The van der Waals surface area contributed by atoms with Gasteiger partial charge in [0.1, 0.15) is 36.6 Å². The maximum atomic E-state index is 13.2. The predicted octanol–water partition coefficient (Wildman–Crippen LogP) is 10.9. The van der Waals surface area contributed by atoms with Crippen molar-refractivity contribution >= 4 is 5.91 Å². The van der Waals surface area contributed by atoms with E-state index < -0.39 is 74.2 Å². The number of hydrogen-bond donors (Lipinski definition) is 8. The summed E-state index contributed by atoms with van der Waals surface area (Å²) in [6, 6.07) is -1.20. The van der Waals surface area contributed by atoms with E-state index in [9.17, 15) is 40.5 Å². The number of aliphatic hydroxyl groups excluding tert-OH is 7. The first-order valence-corrected chi connectivity index (χ1v) is 27.5. The lowest BCUT2D eigenvalue weighted by molar-refractivity contribution is -0.303. The summed E-state index contributed by atoms with van der Waals surface area (Å²) in [5.74, 6) is -0.716. The number of amides is 1. The molecule has 1 aliphatic heterocycles. The molecule has 9 unspecified atom stereocenters. The summed E-state index contributed by atoms with van der Waals surface area (Å²) in [6.07, 6.45) is 44.5. The van der Waals surface area contributed by atoms with Crippen LogP contribution in [0.2, 0.25) is 0 Å². The van der Waals surface area contributed by atoms with Gasteiger partial charge in [-0.1, -0.05) is 191 Å². The van der Waals surface area contributed by atoms with Crippen molar-refractivity contribution in [2.24, 2.45) is 0 Å². The minimum absolute atomic E-state index is 0.239. The molecule has 0 radical (unpaired) electrons. The first-order valence-electron chi connectivity index (χ1n) is 27.5. The van der Waals surface area contributed by atoms with Crippen LogP contribution in [0, 0.1) is 0 Å². The van der Waals surface area contributed by atoms with Gasteiger partial charge in [0, 0.05) is 0 Å². The summed E-state index contributed by atoms with van der Waals surface area (Å²) in [6.45, 7) is 3.42. The van der Waals surface area contributed by atoms with Crippen molar-refractivity contribution in [1.82, 2.24) is 5.32 Å². The molecule has 0 spiro atoms. The van der Waals surface area contributed by atoms with Crippen LogP contribution in [0.5, 0.6) is 0 Å². The maximum Gasteiger partial charge on any atom is 0.249 e. The van der Waals surface area contributed by atoms with Crippen LogP contribution in [0.4, 0.5) is 0 Å². The fraction of sp³-hybridized carbons (Fsp3) is 0.839. The lowest BCUT2D eigenvalue weighted by Crippen LogP contribution is -2.60. The largest absolute Gasteiger partial charge is 0.394 e. The van der Waals surface area contributed by atoms with Gasteiger partial charge in [0.15, 0.2) is 6.29 Å². The molecule has 1 fully saturated rings. The topological polar surface area (TPSA) is 189 Å². The van der Waals surface area contributed by atoms with E-state index in [2.05, 4.69) is 67.8 Å². The van der Waals surface area contributed by atoms with Crippen LogP contribution in [-0.4, -0.2) is 110 Å². The molecule has 392 valence electrons. The third-order valence-corrected chi connectivity index (χ3v) is 13.1. The molecule has 67 heavy (non-hydrogen) atoms. The van der Waals surface area contributed by atoms with E-state index in [0.29, 0.717) is 19.3 Å². The summed E-state index contributed by atoms with van der Waals surface area (Å²) in [4.78, 5) is 13.2. The van der Waals surface area contributed by atoms with Crippen LogP contribution >= 0.6 is 0 Å². The Morgan fingerprint density at radius 2 is 0.896 bits per heavy atom. The summed E-state index contributed by atoms with van der Waals surface area (Å²) >= 11 is 0. The Labute approximate surface area is 409 Å². The number of nitrogens with one attached hydrogen (secondary N) is 1. The fourth-order valence-electron chi connectivity index (χ4n) is 8.53. The number of hydrogen-bond acceptors (Lipinski definition) is 10. The van der Waals surface area contributed by atoms with Crippen molar-refractivity contribution in [3.63, 3.8) is 0 Å². The zero-order chi connectivity index (χ0) is 49.0. The van der Waals surface area contributed by atoms with Gasteiger partial charge in [0.05, 0.1) is 25.4 Å². The van der Waals surface area contributed by atoms with E-state index in [1.165, 1.54) is 128 Å². The molecule has 11 nitrogen and oxygen atoms in total. The number of carbonyl (C=O) groups is 1. The van der Waals surface area contributed by atoms with Gasteiger partial charge in [-0.05, 0) is 89.9 Å². The highest BCUT2D eigenvalue weighted by molar-refractivity contribution is 5.80. The molecule has 11 heteroatoms. The number of allylic oxidation sites excluding steroid dienone is 8. The Kier molecular flexibility index (Phi) is 42.6. The molecule has 0 saturated carbocycles. The summed E-state index contributed by atoms with van der Waals surface area (Å²) in [5.41, 5.74) is 0. The van der Waals surface area contributed by atoms with E-state index in [0.717, 1.165) is 57.8 Å². The van der Waals surface area contributed by atoms with E-state index in [1.54, 1.807) is 0 Å². The minimum Gasteiger partial charge on any atom is -0.394 e. The monoisotopic (exact) mass is 950 g/mol. The Hall–Kier alpha value is -1.93. The Bertz CT molecular complexity index is 1230. The highest BCUT2D eigenvalue weighted by Gasteiger charge is 2.44. The number of ether oxygens (including phenoxy) is 2. The van der Waals surface area contributed by atoms with Crippen LogP contribution in [0.15, 0.2) is 48.6 Å². The summed E-state index contributed by atoms with van der Waals surface area (Å²) in [5, 5.41) is 76.0. The molecule has 1 saturated heterocycles. The average Bonchev–Trinajstić information content (AvgIpc) is 3.33. The van der Waals surface area contributed by atoms with Gasteiger partial charge < -0.3 is 50.5 Å². The van der Waals surface area contributed by atoms with Crippen molar-refractivity contribution in [2.75, 3.05) is 13.2 Å². The summed E-state index contributed by atoms with van der Waals surface area (Å²) < 4.78 is 11.1. The summed E-state index contributed by atoms with van der Waals surface area (Å²) in [7, 11) is 0. The van der Waals surface area contributed by atoms with Gasteiger partial charge in [-0.3, -0.25) is 4.79 Å². The van der Waals surface area contributed by atoms with Crippen molar-refractivity contribution in [2.45, 2.75) is 287 Å². The molecule has 1 aliphatic rings. The SMILES string of the molecule is CCCCCC/C=C/CC/C=C/CC/C=C/CCCC(O)C(O)C(COC1OC(CO)C(O)C(O)C1O)NC(=O)C(O)CCCCCCCCC/C=C\CCCCCCCCCCCCCC. The average molecular weight is 950 g/mol. The highest BCUT2D eigenvalue weighted by atomic mass is 16.7. The van der Waals surface area contributed by atoms with Crippen LogP contribution in [0.25, 0.3) is 0 Å². The lowest BCUT2D eigenvalue weighted by Gasteiger charge is -2.40. The van der Waals surface area contributed by atoms with E-state index in [1.807, 2.05) is 0 Å². The molecule has 0 aromatic heterocycles. The van der Waals surface area contributed by atoms with Gasteiger partial charge in [-0.25, -0.2) is 0 Å². The zero-order valence-corrected chi connectivity index (χ0v) is 42.6. The van der Waals surface area contributed by atoms with Gasteiger partial charge in [0.2, 0.25) is 5.91 Å². The normalized spacial score (nSPS) is 21.0. The second-order valence-electron chi connectivity index (χ2n) is 19.3. The molecule has 0 aliphatic carbocycles. The smallest absolute Gasteiger partial charge is 0.249 e. The maximum absolute atomic E-state index is 13.2. The van der Waals surface area contributed by atoms with Crippen molar-refractivity contribution in [1.29, 1.82) is 0 Å². The van der Waals surface area contributed by atoms with Crippen LogP contribution in [0.3, 0.4) is 0 Å². The minimum atomic E-state index is -1.67. The number of carbonyl (C=O) groups excluding carboxylic acids is 1. The van der Waals surface area contributed by atoms with Gasteiger partial charge in [-0.2, -0.15) is 0 Å². The molecule has 1 amide bonds. The van der Waals surface area contributed by atoms with Crippen molar-refractivity contribution in [3.8, 4) is 0 Å². The van der Waals surface area contributed by atoms with E-state index >= 15 is 0 Å². The Balaban J connectivity index is 2.37. The van der Waals surface area contributed by atoms with E-state index in [-0.39, 0.29) is 12.8 Å². The molecule has 0 aromatic rings. The molecule has 8 N–H and O–H groups in total. The van der Waals surface area contributed by atoms with Crippen LogP contribution in [-0.2, 0) is 14.3 Å². The highest BCUT2D eigenvalue weighted by Crippen LogP contribution is 2.23. The second-order valence-corrected chi connectivity index (χ2v) is 19.3. The van der Waals surface area contributed by atoms with E-state index in [4.69, 9.17) is 9.47 Å². The molecule has 0 bridgehead atoms. The third-order valence-electron chi connectivity index (χ3n) is 13.1. The number of rotatable bonds is 46. The van der Waals surface area contributed by atoms with Crippen molar-refractivity contribution < 1.29 is 50.0 Å². The molecular formula is C56H103NO10. The van der Waals surface area contributed by atoms with Gasteiger partial charge in [0.25, 0.3) is 0 Å². The Morgan fingerprint density at radius 1 is 0.507 bits per heavy atom. The van der Waals surface area contributed by atoms with Gasteiger partial charge in [-0.15, -0.1) is 0 Å². The second kappa shape index (κ2) is 45.2. The number of aliphatic hydroxyl groups is 7. The molecule has 1 rings (SSSR count). The molecule has 0 aromatic carbocycles. The zero-order valence-electron chi connectivity index (χ0n) is 42.6. The first kappa shape index (κ1) is 63.1. The molecule has 1 heterocycles. The Morgan fingerprint density at radius 3 is 1.34 bits per heavy atom. The number of unbranched alkanes of at least 4 members (excludes halogenated alkanes) is 26. The standard InChI is InChI=1S/C56H103NO10/c1-3-5-7-9-11-13-15-17-19-21-22-23-24-25-26-28-30-32-34-36-38-40-42-44-49(60)55(65)57-47(46-66-56-54(64)53(63)52(62)50(45-58)67-56)51(61)48(59)43-41-39-37-35-33-31-29-27-20-18-16-14-12-10-8-6-4-2/h14,16,25-27,29,35,37,47-54,56,58-64H,3-13,15,17-24,28,30-34,36,38-46H2,1-2H3,(H,57,65)/b16-14+,26-25-,29-27+,37-35+. The molecular weight excluding hydrogens is 847 g/mol. The van der Waals surface area contributed by atoms with Gasteiger partial charge >= 0.3 is 0 Å². The molecule has 9 atom stereocenters. The quantitative estimate of drug-likeness (QED) is 0.0215. The lowest BCUT2D eigenvalue weighted by atomic mass is 9.98. The van der Waals surface area contributed by atoms with Crippen molar-refractivity contribution in [3.05, 3.63) is 48.6 Å². The predicted molar refractivity (Wildman–Crippen MR) is 275 cm³/mol. The van der Waals surface area contributed by atoms with Crippen LogP contribution in [0.1, 0.15) is 232 Å². The van der Waals surface area contributed by atoms with Crippen LogP contribution < -0.4 is 5.32 Å². The first-order chi connectivity index (χ1) is 32.7.